The number of hydrogen-bond acceptors (Lipinski definition) is 4. The standard InChI is InChI=1S/C11H14O5/c1-7-4-9(16-6-8(13)5-12)2-3-10(7)11(14)15/h2-4,8,12-13H,5-6H2,1H3,(H,14,15). The molecule has 0 radical (unpaired) electrons. The summed E-state index contributed by atoms with van der Waals surface area (Å²) in [6.07, 6.45) is -0.931. The number of aromatic carboxylic acids is 1. The second-order valence-electron chi connectivity index (χ2n) is 3.43. The zero-order chi connectivity index (χ0) is 12.1. The minimum Gasteiger partial charge on any atom is -0.491 e. The molecule has 0 spiro atoms. The number of ether oxygens (including phenoxy) is 1. The highest BCUT2D eigenvalue weighted by Gasteiger charge is 2.08. The normalized spacial score (nSPS) is 12.2. The molecule has 0 aliphatic rings. The molecule has 1 aromatic carbocycles. The molecule has 0 aromatic heterocycles. The number of carbonyl (C=O) groups is 1. The summed E-state index contributed by atoms with van der Waals surface area (Å²) in [6, 6.07) is 4.53. The smallest absolute Gasteiger partial charge is 0.335 e. The minimum atomic E-state index is -0.987. The molecule has 5 heteroatoms. The van der Waals surface area contributed by atoms with Crippen LogP contribution in [-0.4, -0.2) is 40.6 Å². The monoisotopic (exact) mass is 226 g/mol. The van der Waals surface area contributed by atoms with Crippen LogP contribution in [0.4, 0.5) is 0 Å². The summed E-state index contributed by atoms with van der Waals surface area (Å²) >= 11 is 0. The van der Waals surface area contributed by atoms with Crippen LogP contribution < -0.4 is 4.74 Å². The maximum absolute atomic E-state index is 10.7. The Labute approximate surface area is 92.9 Å². The van der Waals surface area contributed by atoms with Crippen molar-refractivity contribution in [1.82, 2.24) is 0 Å². The van der Waals surface area contributed by atoms with Gasteiger partial charge in [-0.3, -0.25) is 0 Å². The van der Waals surface area contributed by atoms with Gasteiger partial charge >= 0.3 is 5.97 Å². The fraction of sp³-hybridized carbons (Fsp3) is 0.364. The average Bonchev–Trinajstić information content (AvgIpc) is 2.25. The van der Waals surface area contributed by atoms with Gasteiger partial charge in [0.2, 0.25) is 0 Å². The summed E-state index contributed by atoms with van der Waals surface area (Å²) < 4.78 is 5.17. The maximum Gasteiger partial charge on any atom is 0.335 e. The van der Waals surface area contributed by atoms with Crippen LogP contribution in [0.25, 0.3) is 0 Å². The third-order valence-electron chi connectivity index (χ3n) is 2.08. The Morgan fingerprint density at radius 2 is 2.19 bits per heavy atom. The predicted octanol–water partition coefficient (Wildman–Crippen LogP) is 0.425. The van der Waals surface area contributed by atoms with Gasteiger partial charge in [-0.2, -0.15) is 0 Å². The first-order valence-corrected chi connectivity index (χ1v) is 4.80. The van der Waals surface area contributed by atoms with Gasteiger partial charge in [0.1, 0.15) is 18.5 Å². The molecular weight excluding hydrogens is 212 g/mol. The fourth-order valence-electron chi connectivity index (χ4n) is 1.21. The number of benzene rings is 1. The highest BCUT2D eigenvalue weighted by Crippen LogP contribution is 2.17. The molecule has 0 bridgehead atoms. The van der Waals surface area contributed by atoms with Gasteiger partial charge in [-0.15, -0.1) is 0 Å². The molecule has 1 aromatic rings. The minimum absolute atomic E-state index is 0.0254. The third kappa shape index (κ3) is 3.22. The first-order valence-electron chi connectivity index (χ1n) is 4.80. The van der Waals surface area contributed by atoms with Crippen molar-refractivity contribution in [2.75, 3.05) is 13.2 Å². The number of carboxylic acids is 1. The average molecular weight is 226 g/mol. The molecule has 1 atom stereocenters. The summed E-state index contributed by atoms with van der Waals surface area (Å²) in [5, 5.41) is 26.4. The van der Waals surface area contributed by atoms with E-state index >= 15 is 0 Å². The van der Waals surface area contributed by atoms with Crippen molar-refractivity contribution in [2.45, 2.75) is 13.0 Å². The van der Waals surface area contributed by atoms with Crippen LogP contribution in [0.15, 0.2) is 18.2 Å². The number of rotatable bonds is 5. The molecule has 3 N–H and O–H groups in total. The Morgan fingerprint density at radius 3 is 2.69 bits per heavy atom. The van der Waals surface area contributed by atoms with Crippen molar-refractivity contribution >= 4 is 5.97 Å². The van der Waals surface area contributed by atoms with E-state index in [1.165, 1.54) is 12.1 Å². The van der Waals surface area contributed by atoms with Crippen molar-refractivity contribution in [3.05, 3.63) is 29.3 Å². The van der Waals surface area contributed by atoms with Gasteiger partial charge in [-0.1, -0.05) is 0 Å². The molecule has 0 aliphatic carbocycles. The zero-order valence-corrected chi connectivity index (χ0v) is 8.88. The van der Waals surface area contributed by atoms with Crippen LogP contribution in [0.3, 0.4) is 0 Å². The molecule has 0 aliphatic heterocycles. The van der Waals surface area contributed by atoms with Crippen molar-refractivity contribution in [3.63, 3.8) is 0 Å². The van der Waals surface area contributed by atoms with Crippen molar-refractivity contribution in [2.24, 2.45) is 0 Å². The molecule has 0 fully saturated rings. The Morgan fingerprint density at radius 1 is 1.50 bits per heavy atom. The molecule has 88 valence electrons. The molecule has 0 amide bonds. The summed E-state index contributed by atoms with van der Waals surface area (Å²) in [5.74, 6) is -0.519. The largest absolute Gasteiger partial charge is 0.491 e. The van der Waals surface area contributed by atoms with E-state index in [4.69, 9.17) is 20.1 Å². The lowest BCUT2D eigenvalue weighted by atomic mass is 10.1. The van der Waals surface area contributed by atoms with Gasteiger partial charge in [0.25, 0.3) is 0 Å². The number of carboxylic acid groups (broad SMARTS) is 1. The predicted molar refractivity (Wildman–Crippen MR) is 56.7 cm³/mol. The van der Waals surface area contributed by atoms with E-state index in [2.05, 4.69) is 0 Å². The topological polar surface area (TPSA) is 87.0 Å². The quantitative estimate of drug-likeness (QED) is 0.677. The number of aryl methyl sites for hydroxylation is 1. The second-order valence-corrected chi connectivity index (χ2v) is 3.43. The van der Waals surface area contributed by atoms with Gasteiger partial charge in [-0.25, -0.2) is 4.79 Å². The van der Waals surface area contributed by atoms with E-state index in [9.17, 15) is 4.79 Å². The fourth-order valence-corrected chi connectivity index (χ4v) is 1.21. The van der Waals surface area contributed by atoms with Crippen LogP contribution in [0.2, 0.25) is 0 Å². The highest BCUT2D eigenvalue weighted by molar-refractivity contribution is 5.89. The number of aliphatic hydroxyl groups is 2. The SMILES string of the molecule is Cc1cc(OCC(O)CO)ccc1C(=O)O. The van der Waals surface area contributed by atoms with E-state index in [0.717, 1.165) is 0 Å². The van der Waals surface area contributed by atoms with E-state index in [-0.39, 0.29) is 18.8 Å². The van der Waals surface area contributed by atoms with Crippen LogP contribution in [0.1, 0.15) is 15.9 Å². The van der Waals surface area contributed by atoms with Gasteiger partial charge in [0.05, 0.1) is 12.2 Å². The highest BCUT2D eigenvalue weighted by atomic mass is 16.5. The van der Waals surface area contributed by atoms with E-state index in [1.807, 2.05) is 0 Å². The van der Waals surface area contributed by atoms with E-state index in [0.29, 0.717) is 11.3 Å². The molecule has 0 heterocycles. The Balaban J connectivity index is 2.70. The molecule has 1 unspecified atom stereocenters. The zero-order valence-electron chi connectivity index (χ0n) is 8.88. The van der Waals surface area contributed by atoms with Crippen molar-refractivity contribution in [1.29, 1.82) is 0 Å². The lowest BCUT2D eigenvalue weighted by Crippen LogP contribution is -2.21. The summed E-state index contributed by atoms with van der Waals surface area (Å²) in [6.45, 7) is 1.27. The van der Waals surface area contributed by atoms with Crippen molar-refractivity contribution < 1.29 is 24.9 Å². The molecule has 16 heavy (non-hydrogen) atoms. The number of aliphatic hydroxyl groups excluding tert-OH is 2. The second kappa shape index (κ2) is 5.48. The first kappa shape index (κ1) is 12.5. The van der Waals surface area contributed by atoms with Crippen LogP contribution in [-0.2, 0) is 0 Å². The lowest BCUT2D eigenvalue weighted by Gasteiger charge is -2.10. The van der Waals surface area contributed by atoms with Gasteiger partial charge in [-0.05, 0) is 30.7 Å². The number of hydrogen-bond donors (Lipinski definition) is 3. The van der Waals surface area contributed by atoms with Crippen molar-refractivity contribution in [3.8, 4) is 5.75 Å². The first-order chi connectivity index (χ1) is 7.54. The Bertz CT molecular complexity index is 375. The molecule has 0 saturated carbocycles. The molecule has 0 saturated heterocycles. The Hall–Kier alpha value is -1.59. The Kier molecular flexibility index (Phi) is 4.28. The van der Waals surface area contributed by atoms with Gasteiger partial charge < -0.3 is 20.1 Å². The van der Waals surface area contributed by atoms with Gasteiger partial charge in [0, 0.05) is 0 Å². The van der Waals surface area contributed by atoms with E-state index < -0.39 is 12.1 Å². The van der Waals surface area contributed by atoms with Crippen LogP contribution in [0.5, 0.6) is 5.75 Å². The molecule has 1 rings (SSSR count). The molecular formula is C11H14O5. The van der Waals surface area contributed by atoms with Crippen LogP contribution >= 0.6 is 0 Å². The summed E-state index contributed by atoms with van der Waals surface area (Å²) in [7, 11) is 0. The summed E-state index contributed by atoms with van der Waals surface area (Å²) in [5.41, 5.74) is 0.804. The van der Waals surface area contributed by atoms with E-state index in [1.54, 1.807) is 13.0 Å². The van der Waals surface area contributed by atoms with Crippen LogP contribution in [0, 0.1) is 6.92 Å². The molecule has 5 nitrogen and oxygen atoms in total. The third-order valence-corrected chi connectivity index (χ3v) is 2.08. The maximum atomic E-state index is 10.7. The summed E-state index contributed by atoms with van der Waals surface area (Å²) in [4.78, 5) is 10.7. The van der Waals surface area contributed by atoms with Gasteiger partial charge in [0.15, 0.2) is 0 Å². The lowest BCUT2D eigenvalue weighted by molar-refractivity contribution is 0.0535.